The van der Waals surface area contributed by atoms with Crippen LogP contribution >= 0.6 is 11.3 Å². The van der Waals surface area contributed by atoms with E-state index in [1.165, 1.54) is 11.3 Å². The molecule has 3 N–H and O–H groups in total. The van der Waals surface area contributed by atoms with Gasteiger partial charge in [0.05, 0.1) is 11.3 Å². The predicted octanol–water partition coefficient (Wildman–Crippen LogP) is 0.702. The van der Waals surface area contributed by atoms with Gasteiger partial charge in [-0.15, -0.1) is 11.3 Å². The molecule has 1 aliphatic heterocycles. The third-order valence-corrected chi connectivity index (χ3v) is 4.72. The van der Waals surface area contributed by atoms with E-state index in [1.807, 2.05) is 0 Å². The maximum atomic E-state index is 12.1. The molecular weight excluding hydrogens is 274 g/mol. The normalized spacial score (nSPS) is 19.7. The zero-order valence-corrected chi connectivity index (χ0v) is 12.8. The topological polar surface area (TPSA) is 85.4 Å². The standard InChI is InChI=1S/C13H19N5OS/c1-8-7-17(3)4-5-18(8)13-10(12(19)16-2)11(15)9(6-14)20-13/h8H,4-5,7,15H2,1-3H3,(H,16,19). The van der Waals surface area contributed by atoms with Crippen LogP contribution in [0.1, 0.15) is 22.2 Å². The number of rotatable bonds is 2. The quantitative estimate of drug-likeness (QED) is 0.838. The van der Waals surface area contributed by atoms with Gasteiger partial charge in [0, 0.05) is 32.7 Å². The van der Waals surface area contributed by atoms with Crippen LogP contribution in [0.5, 0.6) is 0 Å². The average molecular weight is 293 g/mol. The summed E-state index contributed by atoms with van der Waals surface area (Å²) in [4.78, 5) is 16.9. The minimum Gasteiger partial charge on any atom is -0.396 e. The Balaban J connectivity index is 2.45. The monoisotopic (exact) mass is 293 g/mol. The summed E-state index contributed by atoms with van der Waals surface area (Å²) < 4.78 is 0. The number of nitrogens with one attached hydrogen (secondary N) is 1. The Kier molecular flexibility index (Phi) is 4.16. The van der Waals surface area contributed by atoms with Crippen molar-refractivity contribution in [3.05, 3.63) is 10.4 Å². The fourth-order valence-corrected chi connectivity index (χ4v) is 3.65. The summed E-state index contributed by atoms with van der Waals surface area (Å²) in [5.74, 6) is -0.235. The van der Waals surface area contributed by atoms with Crippen molar-refractivity contribution < 1.29 is 4.79 Å². The molecule has 20 heavy (non-hydrogen) atoms. The Labute approximate surface area is 122 Å². The van der Waals surface area contributed by atoms with Gasteiger partial charge in [0.1, 0.15) is 15.9 Å². The molecule has 0 aromatic carbocycles. The molecule has 1 atom stereocenters. The van der Waals surface area contributed by atoms with Gasteiger partial charge in [-0.1, -0.05) is 0 Å². The Hall–Kier alpha value is -1.78. The van der Waals surface area contributed by atoms with Gasteiger partial charge >= 0.3 is 0 Å². The Morgan fingerprint density at radius 1 is 1.55 bits per heavy atom. The van der Waals surface area contributed by atoms with Crippen molar-refractivity contribution in [3.63, 3.8) is 0 Å². The van der Waals surface area contributed by atoms with E-state index in [4.69, 9.17) is 11.0 Å². The summed E-state index contributed by atoms with van der Waals surface area (Å²) in [5.41, 5.74) is 6.69. The molecule has 2 heterocycles. The molecule has 0 spiro atoms. The number of thiophene rings is 1. The number of nitrogens with two attached hydrogens (primary N) is 1. The molecule has 1 amide bonds. The molecule has 7 heteroatoms. The van der Waals surface area contributed by atoms with E-state index in [0.717, 1.165) is 24.6 Å². The molecule has 0 radical (unpaired) electrons. The Morgan fingerprint density at radius 2 is 2.25 bits per heavy atom. The number of nitrogen functional groups attached to an aromatic ring is 1. The number of amides is 1. The first-order valence-corrected chi connectivity index (χ1v) is 7.30. The second-order valence-electron chi connectivity index (χ2n) is 5.02. The van der Waals surface area contributed by atoms with Gasteiger partial charge in [0.2, 0.25) is 0 Å². The third kappa shape index (κ3) is 2.44. The highest BCUT2D eigenvalue weighted by atomic mass is 32.1. The molecular formula is C13H19N5OS. The summed E-state index contributed by atoms with van der Waals surface area (Å²) in [5, 5.41) is 12.5. The van der Waals surface area contributed by atoms with Crippen LogP contribution in [-0.2, 0) is 0 Å². The lowest BCUT2D eigenvalue weighted by Crippen LogP contribution is -2.50. The van der Waals surface area contributed by atoms with Crippen LogP contribution in [0.2, 0.25) is 0 Å². The first kappa shape index (κ1) is 14.6. The van der Waals surface area contributed by atoms with Crippen molar-refractivity contribution in [2.75, 3.05) is 44.4 Å². The minimum absolute atomic E-state index is 0.235. The fourth-order valence-electron chi connectivity index (χ4n) is 2.50. The van der Waals surface area contributed by atoms with E-state index in [0.29, 0.717) is 10.4 Å². The van der Waals surface area contributed by atoms with Gasteiger partial charge in [-0.3, -0.25) is 4.79 Å². The van der Waals surface area contributed by atoms with Gasteiger partial charge < -0.3 is 20.9 Å². The van der Waals surface area contributed by atoms with Crippen molar-refractivity contribution in [1.29, 1.82) is 5.26 Å². The summed E-state index contributed by atoms with van der Waals surface area (Å²) in [7, 11) is 3.65. The van der Waals surface area contributed by atoms with Crippen molar-refractivity contribution in [1.82, 2.24) is 10.2 Å². The number of nitrogens with zero attached hydrogens (tertiary/aromatic N) is 3. The molecule has 6 nitrogen and oxygen atoms in total. The third-order valence-electron chi connectivity index (χ3n) is 3.57. The smallest absolute Gasteiger partial charge is 0.256 e. The molecule has 1 fully saturated rings. The highest BCUT2D eigenvalue weighted by molar-refractivity contribution is 7.17. The second-order valence-corrected chi connectivity index (χ2v) is 6.02. The maximum Gasteiger partial charge on any atom is 0.256 e. The minimum atomic E-state index is -0.235. The largest absolute Gasteiger partial charge is 0.396 e. The predicted molar refractivity (Wildman–Crippen MR) is 81.1 cm³/mol. The van der Waals surface area contributed by atoms with Crippen LogP contribution in [0, 0.1) is 11.3 Å². The van der Waals surface area contributed by atoms with E-state index < -0.39 is 0 Å². The first-order valence-electron chi connectivity index (χ1n) is 6.49. The van der Waals surface area contributed by atoms with Crippen LogP contribution in [0.3, 0.4) is 0 Å². The first-order chi connectivity index (χ1) is 9.49. The molecule has 1 aliphatic rings. The zero-order valence-electron chi connectivity index (χ0n) is 11.9. The summed E-state index contributed by atoms with van der Waals surface area (Å²) >= 11 is 1.30. The number of carbonyl (C=O) groups is 1. The van der Waals surface area contributed by atoms with E-state index in [-0.39, 0.29) is 17.6 Å². The van der Waals surface area contributed by atoms with Crippen LogP contribution in [-0.4, -0.2) is 50.6 Å². The highest BCUT2D eigenvalue weighted by Gasteiger charge is 2.30. The van der Waals surface area contributed by atoms with E-state index in [1.54, 1.807) is 7.05 Å². The summed E-state index contributed by atoms with van der Waals surface area (Å²) in [6.07, 6.45) is 0. The molecule has 108 valence electrons. The van der Waals surface area contributed by atoms with Crippen LogP contribution < -0.4 is 16.0 Å². The number of anilines is 2. The molecule has 2 rings (SSSR count). The summed E-state index contributed by atoms with van der Waals surface area (Å²) in [6, 6.07) is 2.35. The Morgan fingerprint density at radius 3 is 2.80 bits per heavy atom. The fraction of sp³-hybridized carbons (Fsp3) is 0.538. The van der Waals surface area contributed by atoms with E-state index in [9.17, 15) is 4.79 Å². The maximum absolute atomic E-state index is 12.1. The number of hydrogen-bond donors (Lipinski definition) is 2. The zero-order chi connectivity index (χ0) is 14.9. The number of carbonyl (C=O) groups excluding carboxylic acids is 1. The van der Waals surface area contributed by atoms with Gasteiger partial charge in [-0.05, 0) is 14.0 Å². The van der Waals surface area contributed by atoms with E-state index >= 15 is 0 Å². The lowest BCUT2D eigenvalue weighted by molar-refractivity contribution is 0.0964. The second kappa shape index (κ2) is 5.69. The van der Waals surface area contributed by atoms with Crippen LogP contribution in [0.15, 0.2) is 0 Å². The van der Waals surface area contributed by atoms with Crippen molar-refractivity contribution >= 4 is 27.9 Å². The van der Waals surface area contributed by atoms with Crippen molar-refractivity contribution in [2.45, 2.75) is 13.0 Å². The molecule has 0 bridgehead atoms. The molecule has 0 saturated carbocycles. The number of nitriles is 1. The van der Waals surface area contributed by atoms with Gasteiger partial charge in [-0.25, -0.2) is 0 Å². The molecule has 1 saturated heterocycles. The highest BCUT2D eigenvalue weighted by Crippen LogP contribution is 2.39. The Bertz CT molecular complexity index is 562. The van der Waals surface area contributed by atoms with Crippen molar-refractivity contribution in [3.8, 4) is 6.07 Å². The number of likely N-dealkylation sites (N-methyl/N-ethyl adjacent to an activating group) is 1. The average Bonchev–Trinajstić information content (AvgIpc) is 2.74. The lowest BCUT2D eigenvalue weighted by Gasteiger charge is -2.39. The van der Waals surface area contributed by atoms with Crippen LogP contribution in [0.4, 0.5) is 10.7 Å². The molecule has 0 aliphatic carbocycles. The van der Waals surface area contributed by atoms with E-state index in [2.05, 4.69) is 35.2 Å². The van der Waals surface area contributed by atoms with Crippen LogP contribution in [0.25, 0.3) is 0 Å². The van der Waals surface area contributed by atoms with Gasteiger partial charge in [-0.2, -0.15) is 5.26 Å². The number of piperazine rings is 1. The number of hydrogen-bond acceptors (Lipinski definition) is 6. The summed E-state index contributed by atoms with van der Waals surface area (Å²) in [6.45, 7) is 4.79. The SMILES string of the molecule is CNC(=O)c1c(N2CCN(C)CC2C)sc(C#N)c1N. The molecule has 1 aromatic heterocycles. The lowest BCUT2D eigenvalue weighted by atomic mass is 10.1. The van der Waals surface area contributed by atoms with Crippen molar-refractivity contribution in [2.24, 2.45) is 0 Å². The molecule has 1 aromatic rings. The van der Waals surface area contributed by atoms with Gasteiger partial charge in [0.15, 0.2) is 0 Å². The van der Waals surface area contributed by atoms with Gasteiger partial charge in [0.25, 0.3) is 5.91 Å². The molecule has 1 unspecified atom stereocenters.